The molecule has 27 heavy (non-hydrogen) atoms. The summed E-state index contributed by atoms with van der Waals surface area (Å²) >= 11 is 0. The number of amides is 1. The van der Waals surface area contributed by atoms with Crippen molar-refractivity contribution in [1.82, 2.24) is 4.57 Å². The molecule has 2 aromatic rings. The summed E-state index contributed by atoms with van der Waals surface area (Å²) in [5, 5.41) is 2.79. The second-order valence-corrected chi connectivity index (χ2v) is 7.41. The Morgan fingerprint density at radius 2 is 1.89 bits per heavy atom. The molecule has 2 bridgehead atoms. The molecule has 4 atom stereocenters. The second kappa shape index (κ2) is 7.82. The topological polar surface area (TPSA) is 77.1 Å². The third kappa shape index (κ3) is 3.77. The molecule has 4 unspecified atom stereocenters. The Kier molecular flexibility index (Phi) is 5.67. The highest BCUT2D eigenvalue weighted by molar-refractivity contribution is 5.93. The van der Waals surface area contributed by atoms with Gasteiger partial charge in [0.05, 0.1) is 12.5 Å². The van der Waals surface area contributed by atoms with Gasteiger partial charge in [0.15, 0.2) is 0 Å². The molecule has 7 heteroatoms. The van der Waals surface area contributed by atoms with Crippen LogP contribution in [0.3, 0.4) is 0 Å². The molecule has 0 radical (unpaired) electrons. The Hall–Kier alpha value is -2.18. The predicted molar refractivity (Wildman–Crippen MR) is 104 cm³/mol. The first-order chi connectivity index (χ1) is 12.5. The molecule has 1 aromatic carbocycles. The van der Waals surface area contributed by atoms with Gasteiger partial charge in [0.2, 0.25) is 5.91 Å². The highest BCUT2D eigenvalue weighted by Gasteiger charge is 2.49. The standard InChI is InChI=1S/C20H22FN3O2.ClH/c21-15-7-3-12(4-8-15)11-24-9-1-2-16(20(24)26)23-19(25)17-13-5-6-14(10-13)18(17)22;/h1-4,7-9,13-14,17-18H,5-6,10-11,22H2,(H,23,25);1H. The molecule has 0 spiro atoms. The van der Waals surface area contributed by atoms with Crippen molar-refractivity contribution in [2.45, 2.75) is 31.8 Å². The van der Waals surface area contributed by atoms with Gasteiger partial charge >= 0.3 is 0 Å². The van der Waals surface area contributed by atoms with Crippen LogP contribution in [0.1, 0.15) is 24.8 Å². The van der Waals surface area contributed by atoms with Crippen LogP contribution in [0.2, 0.25) is 0 Å². The van der Waals surface area contributed by atoms with E-state index in [-0.39, 0.29) is 47.3 Å². The van der Waals surface area contributed by atoms with Crippen molar-refractivity contribution < 1.29 is 9.18 Å². The van der Waals surface area contributed by atoms with Crippen molar-refractivity contribution in [3.05, 3.63) is 64.3 Å². The number of fused-ring (bicyclic) bond motifs is 2. The summed E-state index contributed by atoms with van der Waals surface area (Å²) in [6.07, 6.45) is 4.82. The molecule has 0 aliphatic heterocycles. The number of nitrogens with two attached hydrogens (primary N) is 1. The van der Waals surface area contributed by atoms with E-state index in [1.165, 1.54) is 16.7 Å². The average Bonchev–Trinajstić information content (AvgIpc) is 3.21. The lowest BCUT2D eigenvalue weighted by molar-refractivity contribution is -0.121. The maximum absolute atomic E-state index is 13.0. The summed E-state index contributed by atoms with van der Waals surface area (Å²) in [5.41, 5.74) is 7.02. The van der Waals surface area contributed by atoms with Crippen molar-refractivity contribution in [2.75, 3.05) is 5.32 Å². The first kappa shape index (κ1) is 19.6. The molecule has 2 aliphatic rings. The molecule has 2 aliphatic carbocycles. The molecular formula is C20H23ClFN3O2. The van der Waals surface area contributed by atoms with Crippen LogP contribution in [0, 0.1) is 23.6 Å². The Balaban J connectivity index is 0.00000210. The zero-order valence-electron chi connectivity index (χ0n) is 14.8. The number of carbonyl (C=O) groups is 1. The van der Waals surface area contributed by atoms with Gasteiger partial charge < -0.3 is 15.6 Å². The summed E-state index contributed by atoms with van der Waals surface area (Å²) in [6.45, 7) is 0.316. The lowest BCUT2D eigenvalue weighted by Gasteiger charge is -2.26. The maximum Gasteiger partial charge on any atom is 0.274 e. The second-order valence-electron chi connectivity index (χ2n) is 7.41. The van der Waals surface area contributed by atoms with E-state index in [1.54, 1.807) is 30.5 Å². The normalized spacial score (nSPS) is 25.9. The van der Waals surface area contributed by atoms with E-state index in [0.717, 1.165) is 24.8 Å². The number of hydrogen-bond donors (Lipinski definition) is 2. The highest BCUT2D eigenvalue weighted by Crippen LogP contribution is 2.47. The lowest BCUT2D eigenvalue weighted by Crippen LogP contribution is -2.43. The van der Waals surface area contributed by atoms with Crippen molar-refractivity contribution in [3.63, 3.8) is 0 Å². The van der Waals surface area contributed by atoms with Gasteiger partial charge in [0.25, 0.3) is 5.56 Å². The Morgan fingerprint density at radius 3 is 2.56 bits per heavy atom. The molecule has 5 nitrogen and oxygen atoms in total. The SMILES string of the molecule is Cl.NC1C2CCC(C2)C1C(=O)Nc1cccn(Cc2ccc(F)cc2)c1=O. The summed E-state index contributed by atoms with van der Waals surface area (Å²) in [6, 6.07) is 9.23. The fourth-order valence-corrected chi connectivity index (χ4v) is 4.48. The van der Waals surface area contributed by atoms with Crippen LogP contribution < -0.4 is 16.6 Å². The number of nitrogens with zero attached hydrogens (tertiary/aromatic N) is 1. The first-order valence-electron chi connectivity index (χ1n) is 9.03. The fraction of sp³-hybridized carbons (Fsp3) is 0.400. The molecule has 1 amide bonds. The number of carbonyl (C=O) groups excluding carboxylic acids is 1. The lowest BCUT2D eigenvalue weighted by atomic mass is 9.84. The van der Waals surface area contributed by atoms with E-state index in [2.05, 4.69) is 5.32 Å². The predicted octanol–water partition coefficient (Wildman–Crippen LogP) is 2.77. The molecule has 144 valence electrons. The van der Waals surface area contributed by atoms with Gasteiger partial charge in [-0.2, -0.15) is 0 Å². The third-order valence-electron chi connectivity index (χ3n) is 5.83. The summed E-state index contributed by atoms with van der Waals surface area (Å²) in [7, 11) is 0. The van der Waals surface area contributed by atoms with Crippen molar-refractivity contribution in [2.24, 2.45) is 23.5 Å². The van der Waals surface area contributed by atoms with Crippen LogP contribution in [0.5, 0.6) is 0 Å². The van der Waals surface area contributed by atoms with Crippen LogP contribution >= 0.6 is 12.4 Å². The first-order valence-corrected chi connectivity index (χ1v) is 9.03. The molecule has 1 aromatic heterocycles. The third-order valence-corrected chi connectivity index (χ3v) is 5.83. The molecule has 0 saturated heterocycles. The minimum absolute atomic E-state index is 0. The van der Waals surface area contributed by atoms with Crippen LogP contribution in [-0.4, -0.2) is 16.5 Å². The number of rotatable bonds is 4. The van der Waals surface area contributed by atoms with Gasteiger partial charge in [0.1, 0.15) is 11.5 Å². The molecule has 2 fully saturated rings. The Bertz CT molecular complexity index is 882. The maximum atomic E-state index is 13.0. The van der Waals surface area contributed by atoms with Gasteiger partial charge in [0, 0.05) is 12.2 Å². The zero-order chi connectivity index (χ0) is 18.3. The van der Waals surface area contributed by atoms with Crippen molar-refractivity contribution in [1.29, 1.82) is 0 Å². The van der Waals surface area contributed by atoms with E-state index in [9.17, 15) is 14.0 Å². The molecule has 3 N–H and O–H groups in total. The smallest absolute Gasteiger partial charge is 0.274 e. The van der Waals surface area contributed by atoms with Crippen LogP contribution in [-0.2, 0) is 11.3 Å². The zero-order valence-corrected chi connectivity index (χ0v) is 15.6. The van der Waals surface area contributed by atoms with Gasteiger partial charge in [-0.15, -0.1) is 12.4 Å². The van der Waals surface area contributed by atoms with E-state index < -0.39 is 0 Å². The van der Waals surface area contributed by atoms with E-state index in [1.807, 2.05) is 0 Å². The average molecular weight is 392 g/mol. The van der Waals surface area contributed by atoms with Crippen LogP contribution in [0.4, 0.5) is 10.1 Å². The number of hydrogen-bond acceptors (Lipinski definition) is 3. The fourth-order valence-electron chi connectivity index (χ4n) is 4.48. The largest absolute Gasteiger partial charge is 0.327 e. The summed E-state index contributed by atoms with van der Waals surface area (Å²) in [5.74, 6) is 0.0892. The monoisotopic (exact) mass is 391 g/mol. The van der Waals surface area contributed by atoms with E-state index >= 15 is 0 Å². The number of nitrogens with one attached hydrogen (secondary N) is 1. The Morgan fingerprint density at radius 1 is 1.19 bits per heavy atom. The van der Waals surface area contributed by atoms with Crippen LogP contribution in [0.15, 0.2) is 47.4 Å². The van der Waals surface area contributed by atoms with Gasteiger partial charge in [-0.1, -0.05) is 12.1 Å². The number of aromatic nitrogens is 1. The van der Waals surface area contributed by atoms with Gasteiger partial charge in [-0.25, -0.2) is 4.39 Å². The quantitative estimate of drug-likeness (QED) is 0.841. The van der Waals surface area contributed by atoms with Crippen molar-refractivity contribution in [3.8, 4) is 0 Å². The Labute approximate surface area is 163 Å². The summed E-state index contributed by atoms with van der Waals surface area (Å²) < 4.78 is 14.5. The minimum Gasteiger partial charge on any atom is -0.327 e. The molecule has 4 rings (SSSR count). The number of pyridine rings is 1. The number of benzene rings is 1. The minimum atomic E-state index is -0.315. The highest BCUT2D eigenvalue weighted by atomic mass is 35.5. The van der Waals surface area contributed by atoms with Gasteiger partial charge in [-0.05, 0) is 60.9 Å². The number of anilines is 1. The molecular weight excluding hydrogens is 369 g/mol. The van der Waals surface area contributed by atoms with E-state index in [4.69, 9.17) is 5.73 Å². The molecule has 1 heterocycles. The van der Waals surface area contributed by atoms with Crippen LogP contribution in [0.25, 0.3) is 0 Å². The number of halogens is 2. The van der Waals surface area contributed by atoms with Gasteiger partial charge in [-0.3, -0.25) is 9.59 Å². The van der Waals surface area contributed by atoms with Crippen molar-refractivity contribution >= 4 is 24.0 Å². The van der Waals surface area contributed by atoms with E-state index in [0.29, 0.717) is 18.4 Å². The summed E-state index contributed by atoms with van der Waals surface area (Å²) in [4.78, 5) is 25.4. The molecule has 2 saturated carbocycles.